The number of rotatable bonds is 7. The molecule has 0 saturated carbocycles. The number of benzene rings is 2. The first-order valence-electron chi connectivity index (χ1n) is 11.4. The molecule has 1 unspecified atom stereocenters. The van der Waals surface area contributed by atoms with E-state index < -0.39 is 15.8 Å². The fourth-order valence-electron chi connectivity index (χ4n) is 4.29. The van der Waals surface area contributed by atoms with Gasteiger partial charge in [-0.25, -0.2) is 12.8 Å². The van der Waals surface area contributed by atoms with Crippen LogP contribution in [0.5, 0.6) is 0 Å². The molecule has 0 bridgehead atoms. The van der Waals surface area contributed by atoms with Crippen molar-refractivity contribution in [2.75, 3.05) is 50.7 Å². The molecule has 34 heavy (non-hydrogen) atoms. The van der Waals surface area contributed by atoms with Crippen molar-refractivity contribution in [3.63, 3.8) is 0 Å². The van der Waals surface area contributed by atoms with E-state index in [2.05, 4.69) is 10.2 Å². The SMILES string of the molecule is Cc1ccc(N2CC(C(=O)NCCN3CCN(S(=O)(=O)c4ccc(F)cc4)CC3)CC2=O)cc1. The van der Waals surface area contributed by atoms with Gasteiger partial charge in [-0.05, 0) is 43.3 Å². The van der Waals surface area contributed by atoms with Crippen LogP contribution >= 0.6 is 0 Å². The fraction of sp³-hybridized carbons (Fsp3) is 0.417. The molecule has 1 N–H and O–H groups in total. The molecule has 182 valence electrons. The van der Waals surface area contributed by atoms with Gasteiger partial charge in [-0.3, -0.25) is 14.5 Å². The normalized spacial score (nSPS) is 20.0. The molecule has 0 spiro atoms. The Morgan fingerprint density at radius 3 is 2.32 bits per heavy atom. The lowest BCUT2D eigenvalue weighted by Crippen LogP contribution is -2.50. The quantitative estimate of drug-likeness (QED) is 0.640. The predicted octanol–water partition coefficient (Wildman–Crippen LogP) is 1.61. The van der Waals surface area contributed by atoms with Gasteiger partial charge in [0.25, 0.3) is 0 Å². The van der Waals surface area contributed by atoms with Crippen LogP contribution in [0, 0.1) is 18.7 Å². The average molecular weight is 489 g/mol. The maximum Gasteiger partial charge on any atom is 0.243 e. The number of amides is 2. The molecule has 10 heteroatoms. The van der Waals surface area contributed by atoms with Gasteiger partial charge in [0.05, 0.1) is 10.8 Å². The lowest BCUT2D eigenvalue weighted by atomic mass is 10.1. The molecule has 2 aromatic carbocycles. The maximum atomic E-state index is 13.1. The van der Waals surface area contributed by atoms with Crippen LogP contribution in [0.25, 0.3) is 0 Å². The van der Waals surface area contributed by atoms with Crippen LogP contribution < -0.4 is 10.2 Å². The highest BCUT2D eigenvalue weighted by Gasteiger charge is 2.35. The van der Waals surface area contributed by atoms with Crippen LogP contribution in [0.2, 0.25) is 0 Å². The number of carbonyl (C=O) groups is 2. The number of hydrogen-bond donors (Lipinski definition) is 1. The second-order valence-corrected chi connectivity index (χ2v) is 10.7. The Hall–Kier alpha value is -2.82. The third-order valence-electron chi connectivity index (χ3n) is 6.35. The number of hydrogen-bond acceptors (Lipinski definition) is 5. The molecule has 0 aliphatic carbocycles. The summed E-state index contributed by atoms with van der Waals surface area (Å²) in [5.74, 6) is -1.05. The van der Waals surface area contributed by atoms with E-state index in [1.165, 1.54) is 16.4 Å². The predicted molar refractivity (Wildman–Crippen MR) is 126 cm³/mol. The molecule has 0 aromatic heterocycles. The van der Waals surface area contributed by atoms with E-state index in [0.29, 0.717) is 45.8 Å². The summed E-state index contributed by atoms with van der Waals surface area (Å²) in [4.78, 5) is 28.8. The van der Waals surface area contributed by atoms with Gasteiger partial charge in [-0.2, -0.15) is 4.31 Å². The molecular formula is C24H29FN4O4S. The number of nitrogens with zero attached hydrogens (tertiary/aromatic N) is 3. The average Bonchev–Trinajstić information content (AvgIpc) is 3.22. The molecule has 2 aliphatic heterocycles. The van der Waals surface area contributed by atoms with Crippen molar-refractivity contribution < 1.29 is 22.4 Å². The lowest BCUT2D eigenvalue weighted by Gasteiger charge is -2.34. The highest BCUT2D eigenvalue weighted by Crippen LogP contribution is 2.25. The molecule has 0 radical (unpaired) electrons. The summed E-state index contributed by atoms with van der Waals surface area (Å²) >= 11 is 0. The number of halogens is 1. The molecule has 2 aliphatic rings. The Labute approximate surface area is 199 Å². The standard InChI is InChI=1S/C24H29FN4O4S/c1-18-2-6-21(7-3-18)29-17-19(16-23(29)30)24(31)26-10-11-27-12-14-28(15-13-27)34(32,33)22-8-4-20(25)5-9-22/h2-9,19H,10-17H2,1H3,(H,26,31). The van der Waals surface area contributed by atoms with Crippen molar-refractivity contribution >= 4 is 27.5 Å². The Kier molecular flexibility index (Phi) is 7.30. The van der Waals surface area contributed by atoms with Crippen molar-refractivity contribution in [3.05, 3.63) is 59.9 Å². The van der Waals surface area contributed by atoms with Crippen LogP contribution in [-0.4, -0.2) is 75.3 Å². The molecule has 2 fully saturated rings. The number of aryl methyl sites for hydroxylation is 1. The minimum absolute atomic E-state index is 0.0533. The van der Waals surface area contributed by atoms with Crippen molar-refractivity contribution in [3.8, 4) is 0 Å². The second-order valence-electron chi connectivity index (χ2n) is 8.73. The van der Waals surface area contributed by atoms with E-state index in [0.717, 1.165) is 23.4 Å². The summed E-state index contributed by atoms with van der Waals surface area (Å²) < 4.78 is 40.0. The number of sulfonamides is 1. The Morgan fingerprint density at radius 1 is 1.03 bits per heavy atom. The molecule has 8 nitrogen and oxygen atoms in total. The Balaban J connectivity index is 1.21. The zero-order valence-electron chi connectivity index (χ0n) is 19.1. The highest BCUT2D eigenvalue weighted by atomic mass is 32.2. The smallest absolute Gasteiger partial charge is 0.243 e. The lowest BCUT2D eigenvalue weighted by molar-refractivity contribution is -0.126. The Morgan fingerprint density at radius 2 is 1.68 bits per heavy atom. The first kappa shape index (κ1) is 24.3. The molecule has 4 rings (SSSR count). The van der Waals surface area contributed by atoms with E-state index in [1.54, 1.807) is 4.90 Å². The molecule has 1 atom stereocenters. The van der Waals surface area contributed by atoms with E-state index in [-0.39, 0.29) is 29.0 Å². The summed E-state index contributed by atoms with van der Waals surface area (Å²) in [6.45, 7) is 5.12. The largest absolute Gasteiger partial charge is 0.355 e. The van der Waals surface area contributed by atoms with Gasteiger partial charge < -0.3 is 10.2 Å². The molecule has 2 heterocycles. The summed E-state index contributed by atoms with van der Waals surface area (Å²) in [6, 6.07) is 12.5. The molecule has 2 aromatic rings. The number of anilines is 1. The zero-order chi connectivity index (χ0) is 24.3. The minimum atomic E-state index is -3.65. The van der Waals surface area contributed by atoms with Crippen LogP contribution in [0.3, 0.4) is 0 Å². The molecule has 2 saturated heterocycles. The van der Waals surface area contributed by atoms with Gasteiger partial charge >= 0.3 is 0 Å². The highest BCUT2D eigenvalue weighted by molar-refractivity contribution is 7.89. The summed E-state index contributed by atoms with van der Waals surface area (Å²) in [5.41, 5.74) is 1.91. The first-order chi connectivity index (χ1) is 16.2. The number of nitrogens with one attached hydrogen (secondary N) is 1. The zero-order valence-corrected chi connectivity index (χ0v) is 19.9. The summed E-state index contributed by atoms with van der Waals surface area (Å²) in [5, 5.41) is 2.92. The van der Waals surface area contributed by atoms with Gasteiger partial charge in [0, 0.05) is 57.9 Å². The van der Waals surface area contributed by atoms with Crippen molar-refractivity contribution in [1.82, 2.24) is 14.5 Å². The van der Waals surface area contributed by atoms with Crippen molar-refractivity contribution in [2.24, 2.45) is 5.92 Å². The Bertz CT molecular complexity index is 1130. The summed E-state index contributed by atoms with van der Waals surface area (Å²) in [6.07, 6.45) is 0.194. The third kappa shape index (κ3) is 5.45. The second kappa shape index (κ2) is 10.2. The first-order valence-corrected chi connectivity index (χ1v) is 12.8. The van der Waals surface area contributed by atoms with Gasteiger partial charge in [0.2, 0.25) is 21.8 Å². The van der Waals surface area contributed by atoms with Crippen LogP contribution in [-0.2, 0) is 19.6 Å². The fourth-order valence-corrected chi connectivity index (χ4v) is 5.71. The third-order valence-corrected chi connectivity index (χ3v) is 8.26. The number of piperazine rings is 1. The van der Waals surface area contributed by atoms with Crippen molar-refractivity contribution in [2.45, 2.75) is 18.2 Å². The summed E-state index contributed by atoms with van der Waals surface area (Å²) in [7, 11) is -3.65. The van der Waals surface area contributed by atoms with E-state index in [9.17, 15) is 22.4 Å². The van der Waals surface area contributed by atoms with Crippen LogP contribution in [0.15, 0.2) is 53.4 Å². The molecular weight excluding hydrogens is 459 g/mol. The van der Waals surface area contributed by atoms with Crippen LogP contribution in [0.1, 0.15) is 12.0 Å². The van der Waals surface area contributed by atoms with E-state index in [1.807, 2.05) is 31.2 Å². The van der Waals surface area contributed by atoms with E-state index >= 15 is 0 Å². The maximum absolute atomic E-state index is 13.1. The minimum Gasteiger partial charge on any atom is -0.355 e. The van der Waals surface area contributed by atoms with Gasteiger partial charge in [-0.1, -0.05) is 17.7 Å². The molecule has 2 amide bonds. The van der Waals surface area contributed by atoms with Gasteiger partial charge in [-0.15, -0.1) is 0 Å². The van der Waals surface area contributed by atoms with E-state index in [4.69, 9.17) is 0 Å². The van der Waals surface area contributed by atoms with Gasteiger partial charge in [0.15, 0.2) is 0 Å². The monoisotopic (exact) mass is 488 g/mol. The topological polar surface area (TPSA) is 90.0 Å². The number of carbonyl (C=O) groups excluding carboxylic acids is 2. The van der Waals surface area contributed by atoms with Crippen LogP contribution in [0.4, 0.5) is 10.1 Å². The van der Waals surface area contributed by atoms with Crippen molar-refractivity contribution in [1.29, 1.82) is 0 Å². The van der Waals surface area contributed by atoms with Gasteiger partial charge in [0.1, 0.15) is 5.82 Å².